The summed E-state index contributed by atoms with van der Waals surface area (Å²) < 4.78 is 5.17. The van der Waals surface area contributed by atoms with Crippen molar-refractivity contribution < 1.29 is 14.3 Å². The van der Waals surface area contributed by atoms with Crippen LogP contribution in [0.15, 0.2) is 30.3 Å². The number of nitrogens with zero attached hydrogens (tertiary/aromatic N) is 1. The van der Waals surface area contributed by atoms with Crippen LogP contribution in [0.5, 0.6) is 0 Å². The Labute approximate surface area is 150 Å². The lowest BCUT2D eigenvalue weighted by Crippen LogP contribution is -2.38. The Hall–Kier alpha value is -2.04. The van der Waals surface area contributed by atoms with Gasteiger partial charge in [0.15, 0.2) is 0 Å². The molecule has 1 heterocycles. The third kappa shape index (κ3) is 6.77. The molecular formula is C20H30N2O3. The standard InChI is InChI=1S/C20H30N2O3/c1-20(2,3)25-19(24)21-13-7-10-18(23)22-14-11-17(12-15-22)16-8-5-4-6-9-16/h4-6,8-9,17H,7,10-15H2,1-3H3,(H,21,24). The molecule has 0 aromatic heterocycles. The number of likely N-dealkylation sites (tertiary alicyclic amines) is 1. The van der Waals surface area contributed by atoms with Crippen LogP contribution in [0.1, 0.15) is 57.9 Å². The second kappa shape index (κ2) is 8.88. The number of amides is 2. The number of benzene rings is 1. The zero-order valence-electron chi connectivity index (χ0n) is 15.6. The molecule has 5 heteroatoms. The number of carbonyl (C=O) groups excluding carboxylic acids is 2. The van der Waals surface area contributed by atoms with Gasteiger partial charge in [-0.2, -0.15) is 0 Å². The average Bonchev–Trinajstić information content (AvgIpc) is 2.58. The Morgan fingerprint density at radius 3 is 2.40 bits per heavy atom. The highest BCUT2D eigenvalue weighted by Gasteiger charge is 2.23. The number of piperidine rings is 1. The van der Waals surface area contributed by atoms with E-state index in [1.807, 2.05) is 31.7 Å². The first kappa shape index (κ1) is 19.3. The van der Waals surface area contributed by atoms with Gasteiger partial charge in [0.25, 0.3) is 0 Å². The average molecular weight is 346 g/mol. The maximum Gasteiger partial charge on any atom is 0.407 e. The van der Waals surface area contributed by atoms with Gasteiger partial charge in [-0.05, 0) is 51.5 Å². The van der Waals surface area contributed by atoms with Crippen molar-refractivity contribution in [3.63, 3.8) is 0 Å². The van der Waals surface area contributed by atoms with Crippen LogP contribution in [-0.4, -0.2) is 42.1 Å². The largest absolute Gasteiger partial charge is 0.444 e. The van der Waals surface area contributed by atoms with Gasteiger partial charge in [0.2, 0.25) is 5.91 Å². The van der Waals surface area contributed by atoms with E-state index in [9.17, 15) is 9.59 Å². The molecular weight excluding hydrogens is 316 g/mol. The van der Waals surface area contributed by atoms with Crippen LogP contribution in [-0.2, 0) is 9.53 Å². The molecule has 0 saturated carbocycles. The van der Waals surface area contributed by atoms with Crippen molar-refractivity contribution in [1.82, 2.24) is 10.2 Å². The maximum atomic E-state index is 12.3. The van der Waals surface area contributed by atoms with Gasteiger partial charge in [0.1, 0.15) is 5.60 Å². The molecule has 0 spiro atoms. The van der Waals surface area contributed by atoms with Crippen LogP contribution < -0.4 is 5.32 Å². The summed E-state index contributed by atoms with van der Waals surface area (Å²) in [6.07, 6.45) is 2.71. The molecule has 0 aliphatic carbocycles. The number of hydrogen-bond acceptors (Lipinski definition) is 3. The van der Waals surface area contributed by atoms with Crippen molar-refractivity contribution >= 4 is 12.0 Å². The lowest BCUT2D eigenvalue weighted by Gasteiger charge is -2.32. The summed E-state index contributed by atoms with van der Waals surface area (Å²) in [5.41, 5.74) is 0.874. The first-order chi connectivity index (χ1) is 11.8. The highest BCUT2D eigenvalue weighted by atomic mass is 16.6. The molecule has 1 aliphatic heterocycles. The van der Waals surface area contributed by atoms with E-state index in [1.165, 1.54) is 5.56 Å². The van der Waals surface area contributed by atoms with Gasteiger partial charge in [-0.15, -0.1) is 0 Å². The van der Waals surface area contributed by atoms with E-state index in [1.54, 1.807) is 0 Å². The van der Waals surface area contributed by atoms with E-state index in [0.29, 0.717) is 25.3 Å². The number of carbonyl (C=O) groups is 2. The molecule has 0 bridgehead atoms. The zero-order chi connectivity index (χ0) is 18.3. The van der Waals surface area contributed by atoms with Crippen LogP contribution in [0.3, 0.4) is 0 Å². The molecule has 1 saturated heterocycles. The Balaban J connectivity index is 1.63. The first-order valence-corrected chi connectivity index (χ1v) is 9.15. The van der Waals surface area contributed by atoms with Crippen LogP contribution in [0, 0.1) is 0 Å². The van der Waals surface area contributed by atoms with E-state index >= 15 is 0 Å². The number of alkyl carbamates (subject to hydrolysis) is 1. The van der Waals surface area contributed by atoms with E-state index in [4.69, 9.17) is 4.74 Å². The number of rotatable bonds is 5. The fraction of sp³-hybridized carbons (Fsp3) is 0.600. The van der Waals surface area contributed by atoms with Gasteiger partial charge < -0.3 is 15.0 Å². The third-order valence-corrected chi connectivity index (χ3v) is 4.35. The maximum absolute atomic E-state index is 12.3. The van der Waals surface area contributed by atoms with Gasteiger partial charge in [-0.25, -0.2) is 4.79 Å². The monoisotopic (exact) mass is 346 g/mol. The summed E-state index contributed by atoms with van der Waals surface area (Å²) in [4.78, 5) is 25.8. The highest BCUT2D eigenvalue weighted by Crippen LogP contribution is 2.27. The van der Waals surface area contributed by atoms with E-state index in [0.717, 1.165) is 25.9 Å². The predicted molar refractivity (Wildman–Crippen MR) is 98.5 cm³/mol. The summed E-state index contributed by atoms with van der Waals surface area (Å²) in [5, 5.41) is 2.69. The number of hydrogen-bond donors (Lipinski definition) is 1. The molecule has 138 valence electrons. The summed E-state index contributed by atoms with van der Waals surface area (Å²) in [6, 6.07) is 10.5. The third-order valence-electron chi connectivity index (χ3n) is 4.35. The predicted octanol–water partition coefficient (Wildman–Crippen LogP) is 3.70. The normalized spacial score (nSPS) is 15.7. The van der Waals surface area contributed by atoms with Crippen LogP contribution in [0.25, 0.3) is 0 Å². The fourth-order valence-corrected chi connectivity index (χ4v) is 3.09. The van der Waals surface area contributed by atoms with Gasteiger partial charge in [-0.1, -0.05) is 30.3 Å². The molecule has 1 aromatic rings. The molecule has 0 radical (unpaired) electrons. The molecule has 1 aliphatic rings. The van der Waals surface area contributed by atoms with Gasteiger partial charge in [0, 0.05) is 26.1 Å². The molecule has 5 nitrogen and oxygen atoms in total. The summed E-state index contributed by atoms with van der Waals surface area (Å²) >= 11 is 0. The minimum absolute atomic E-state index is 0.178. The molecule has 2 amide bonds. The van der Waals surface area contributed by atoms with E-state index < -0.39 is 11.7 Å². The Morgan fingerprint density at radius 2 is 1.80 bits per heavy atom. The van der Waals surface area contributed by atoms with Crippen molar-refractivity contribution in [2.75, 3.05) is 19.6 Å². The number of nitrogens with one attached hydrogen (secondary N) is 1. The summed E-state index contributed by atoms with van der Waals surface area (Å²) in [6.45, 7) is 7.58. The zero-order valence-corrected chi connectivity index (χ0v) is 15.6. The molecule has 1 N–H and O–H groups in total. The van der Waals surface area contributed by atoms with Crippen molar-refractivity contribution in [2.24, 2.45) is 0 Å². The Kier molecular flexibility index (Phi) is 6.85. The minimum Gasteiger partial charge on any atom is -0.444 e. The molecule has 1 aromatic carbocycles. The minimum atomic E-state index is -0.497. The second-order valence-electron chi connectivity index (χ2n) is 7.60. The van der Waals surface area contributed by atoms with Crippen molar-refractivity contribution in [3.05, 3.63) is 35.9 Å². The lowest BCUT2D eigenvalue weighted by atomic mass is 9.89. The van der Waals surface area contributed by atoms with Gasteiger partial charge in [0.05, 0.1) is 0 Å². The second-order valence-corrected chi connectivity index (χ2v) is 7.60. The highest BCUT2D eigenvalue weighted by molar-refractivity contribution is 5.76. The molecule has 25 heavy (non-hydrogen) atoms. The van der Waals surface area contributed by atoms with Crippen LogP contribution in [0.4, 0.5) is 4.79 Å². The smallest absolute Gasteiger partial charge is 0.407 e. The lowest BCUT2D eigenvalue weighted by molar-refractivity contribution is -0.132. The molecule has 2 rings (SSSR count). The summed E-state index contributed by atoms with van der Waals surface area (Å²) in [5.74, 6) is 0.733. The van der Waals surface area contributed by atoms with E-state index in [2.05, 4.69) is 29.6 Å². The topological polar surface area (TPSA) is 58.6 Å². The number of ether oxygens (including phenoxy) is 1. The molecule has 0 unspecified atom stereocenters. The van der Waals surface area contributed by atoms with Crippen LogP contribution in [0.2, 0.25) is 0 Å². The van der Waals surface area contributed by atoms with Crippen LogP contribution >= 0.6 is 0 Å². The van der Waals surface area contributed by atoms with Crippen molar-refractivity contribution in [2.45, 2.75) is 58.0 Å². The first-order valence-electron chi connectivity index (χ1n) is 9.15. The molecule has 0 atom stereocenters. The Morgan fingerprint density at radius 1 is 1.16 bits per heavy atom. The van der Waals surface area contributed by atoms with Crippen molar-refractivity contribution in [3.8, 4) is 0 Å². The summed E-state index contributed by atoms with van der Waals surface area (Å²) in [7, 11) is 0. The van der Waals surface area contributed by atoms with Gasteiger partial charge in [-0.3, -0.25) is 4.79 Å². The molecule has 1 fully saturated rings. The fourth-order valence-electron chi connectivity index (χ4n) is 3.09. The van der Waals surface area contributed by atoms with Gasteiger partial charge >= 0.3 is 6.09 Å². The SMILES string of the molecule is CC(C)(C)OC(=O)NCCCC(=O)N1CCC(c2ccccc2)CC1. The van der Waals surface area contributed by atoms with E-state index in [-0.39, 0.29) is 5.91 Å². The Bertz CT molecular complexity index is 558. The quantitative estimate of drug-likeness (QED) is 0.827. The van der Waals surface area contributed by atoms with Crippen molar-refractivity contribution in [1.29, 1.82) is 0 Å².